The Hall–Kier alpha value is -3.16. The smallest absolute Gasteiger partial charge is 0.274 e. The standard InChI is InChI=1S/C21H22FN5O/c1-14-16-7-8-18(26-11-9-24-10-12-26)19(22)20(16)25-13-17(14)21(28)27(23)15-5-3-2-4-6-15/h2-8,13,24-25H,1,9-12,23H2. The molecule has 2 aromatic carbocycles. The minimum atomic E-state index is -0.416. The fraction of sp³-hybridized carbons (Fsp3) is 0.190. The van der Waals surface area contributed by atoms with Gasteiger partial charge >= 0.3 is 0 Å². The van der Waals surface area contributed by atoms with Gasteiger partial charge in [0.15, 0.2) is 5.82 Å². The van der Waals surface area contributed by atoms with Crippen LogP contribution in [0.2, 0.25) is 0 Å². The largest absolute Gasteiger partial charge is 0.367 e. The Morgan fingerprint density at radius 2 is 1.86 bits per heavy atom. The van der Waals surface area contributed by atoms with Crippen molar-refractivity contribution in [3.63, 3.8) is 0 Å². The van der Waals surface area contributed by atoms with Gasteiger partial charge in [-0.05, 0) is 23.8 Å². The van der Waals surface area contributed by atoms with Crippen LogP contribution in [-0.2, 0) is 4.79 Å². The van der Waals surface area contributed by atoms with Gasteiger partial charge in [0.1, 0.15) is 0 Å². The number of nitrogens with one attached hydrogen (secondary N) is 2. The number of benzene rings is 2. The van der Waals surface area contributed by atoms with Crippen molar-refractivity contribution in [1.29, 1.82) is 0 Å². The van der Waals surface area contributed by atoms with Crippen molar-refractivity contribution in [3.8, 4) is 0 Å². The first-order valence-electron chi connectivity index (χ1n) is 9.16. The van der Waals surface area contributed by atoms with Crippen molar-refractivity contribution in [3.05, 3.63) is 72.2 Å². The molecule has 6 nitrogen and oxygen atoms in total. The van der Waals surface area contributed by atoms with E-state index >= 15 is 4.39 Å². The highest BCUT2D eigenvalue weighted by molar-refractivity contribution is 6.17. The Morgan fingerprint density at radius 3 is 2.57 bits per heavy atom. The molecule has 0 atom stereocenters. The molecule has 144 valence electrons. The first kappa shape index (κ1) is 18.2. The van der Waals surface area contributed by atoms with E-state index in [1.807, 2.05) is 11.0 Å². The summed E-state index contributed by atoms with van der Waals surface area (Å²) in [4.78, 5) is 14.9. The number of rotatable bonds is 3. The molecule has 0 unspecified atom stereocenters. The molecule has 1 fully saturated rings. The summed E-state index contributed by atoms with van der Waals surface area (Å²) in [5.74, 6) is 5.24. The van der Waals surface area contributed by atoms with Gasteiger partial charge in [0.2, 0.25) is 0 Å². The van der Waals surface area contributed by atoms with Crippen LogP contribution in [-0.4, -0.2) is 32.1 Å². The molecule has 1 amide bonds. The molecule has 2 aliphatic heterocycles. The average molecular weight is 379 g/mol. The van der Waals surface area contributed by atoms with E-state index in [1.165, 1.54) is 6.20 Å². The maximum Gasteiger partial charge on any atom is 0.274 e. The highest BCUT2D eigenvalue weighted by atomic mass is 19.1. The Bertz CT molecular complexity index is 951. The van der Waals surface area contributed by atoms with E-state index in [0.717, 1.165) is 31.2 Å². The number of hydrogen-bond acceptors (Lipinski definition) is 5. The van der Waals surface area contributed by atoms with Crippen LogP contribution in [0, 0.1) is 5.82 Å². The number of carbonyl (C=O) groups excluding carboxylic acids is 1. The highest BCUT2D eigenvalue weighted by Crippen LogP contribution is 2.38. The van der Waals surface area contributed by atoms with Gasteiger partial charge in [-0.2, -0.15) is 0 Å². The van der Waals surface area contributed by atoms with Gasteiger partial charge < -0.3 is 15.5 Å². The van der Waals surface area contributed by atoms with Crippen molar-refractivity contribution >= 4 is 28.5 Å². The van der Waals surface area contributed by atoms with Crippen molar-refractivity contribution in [2.75, 3.05) is 41.4 Å². The Kier molecular flexibility index (Phi) is 4.85. The summed E-state index contributed by atoms with van der Waals surface area (Å²) in [6.07, 6.45) is 1.47. The number of nitrogens with two attached hydrogens (primary N) is 1. The third kappa shape index (κ3) is 3.15. The number of halogens is 1. The van der Waals surface area contributed by atoms with E-state index in [-0.39, 0.29) is 5.82 Å². The van der Waals surface area contributed by atoms with Gasteiger partial charge in [0, 0.05) is 37.9 Å². The van der Waals surface area contributed by atoms with Crippen LogP contribution < -0.4 is 26.4 Å². The molecule has 0 bridgehead atoms. The van der Waals surface area contributed by atoms with E-state index in [2.05, 4.69) is 17.2 Å². The number of nitrogens with zero attached hydrogens (tertiary/aromatic N) is 2. The topological polar surface area (TPSA) is 73.6 Å². The first-order chi connectivity index (χ1) is 13.6. The summed E-state index contributed by atoms with van der Waals surface area (Å²) >= 11 is 0. The van der Waals surface area contributed by atoms with Crippen LogP contribution in [0.4, 0.5) is 21.5 Å². The molecule has 7 heteroatoms. The van der Waals surface area contributed by atoms with Crippen molar-refractivity contribution in [2.24, 2.45) is 5.84 Å². The van der Waals surface area contributed by atoms with Gasteiger partial charge in [0.25, 0.3) is 5.91 Å². The molecule has 4 N–H and O–H groups in total. The van der Waals surface area contributed by atoms with E-state index in [4.69, 9.17) is 5.84 Å². The van der Waals surface area contributed by atoms with Gasteiger partial charge in [-0.3, -0.25) is 4.79 Å². The molecular weight excluding hydrogens is 357 g/mol. The summed E-state index contributed by atoms with van der Waals surface area (Å²) < 4.78 is 15.1. The Balaban J connectivity index is 1.61. The number of anilines is 3. The van der Waals surface area contributed by atoms with Crippen LogP contribution in [0.15, 0.2) is 60.8 Å². The van der Waals surface area contributed by atoms with Gasteiger partial charge in [-0.15, -0.1) is 0 Å². The molecule has 0 spiro atoms. The van der Waals surface area contributed by atoms with E-state index in [0.29, 0.717) is 33.8 Å². The van der Waals surface area contributed by atoms with Gasteiger partial charge in [-0.25, -0.2) is 15.2 Å². The van der Waals surface area contributed by atoms with E-state index in [1.54, 1.807) is 36.4 Å². The van der Waals surface area contributed by atoms with Crippen molar-refractivity contribution < 1.29 is 9.18 Å². The quantitative estimate of drug-likeness (QED) is 0.434. The lowest BCUT2D eigenvalue weighted by atomic mass is 9.94. The zero-order valence-corrected chi connectivity index (χ0v) is 15.4. The van der Waals surface area contributed by atoms with E-state index < -0.39 is 5.91 Å². The molecular formula is C21H22FN5O. The second-order valence-electron chi connectivity index (χ2n) is 6.75. The maximum atomic E-state index is 15.1. The van der Waals surface area contributed by atoms with Gasteiger partial charge in [-0.1, -0.05) is 30.8 Å². The normalized spacial score (nSPS) is 16.1. The molecule has 0 saturated carbocycles. The third-order valence-electron chi connectivity index (χ3n) is 5.07. The Morgan fingerprint density at radius 1 is 1.14 bits per heavy atom. The lowest BCUT2D eigenvalue weighted by molar-refractivity contribution is -0.114. The molecule has 0 radical (unpaired) electrons. The number of piperazine rings is 1. The first-order valence-corrected chi connectivity index (χ1v) is 9.16. The number of para-hydroxylation sites is 1. The number of hydrogen-bond donors (Lipinski definition) is 3. The SMILES string of the molecule is C=C1C(C(=O)N(N)c2ccccc2)=CNc2c1ccc(N1CCNCC1)c2F. The molecule has 0 aliphatic carbocycles. The fourth-order valence-corrected chi connectivity index (χ4v) is 3.51. The van der Waals surface area contributed by atoms with E-state index in [9.17, 15) is 4.79 Å². The summed E-state index contributed by atoms with van der Waals surface area (Å²) in [7, 11) is 0. The Labute approximate surface area is 163 Å². The second kappa shape index (κ2) is 7.46. The molecule has 28 heavy (non-hydrogen) atoms. The van der Waals surface area contributed by atoms with Crippen LogP contribution in [0.3, 0.4) is 0 Å². The number of fused-ring (bicyclic) bond motifs is 1. The molecule has 4 rings (SSSR count). The lowest BCUT2D eigenvalue weighted by Gasteiger charge is -2.31. The van der Waals surface area contributed by atoms with Crippen LogP contribution >= 0.6 is 0 Å². The average Bonchev–Trinajstić information content (AvgIpc) is 2.75. The summed E-state index contributed by atoms with van der Waals surface area (Å²) in [6.45, 7) is 7.15. The van der Waals surface area contributed by atoms with Crippen LogP contribution in [0.1, 0.15) is 5.56 Å². The zero-order valence-electron chi connectivity index (χ0n) is 15.4. The number of carbonyl (C=O) groups is 1. The minimum Gasteiger partial charge on any atom is -0.367 e. The molecule has 2 aromatic rings. The fourth-order valence-electron chi connectivity index (χ4n) is 3.51. The zero-order chi connectivity index (χ0) is 19.7. The third-order valence-corrected chi connectivity index (χ3v) is 5.07. The number of hydrazine groups is 1. The van der Waals surface area contributed by atoms with Gasteiger partial charge in [0.05, 0.1) is 22.6 Å². The van der Waals surface area contributed by atoms with Crippen molar-refractivity contribution in [2.45, 2.75) is 0 Å². The second-order valence-corrected chi connectivity index (χ2v) is 6.75. The molecule has 2 heterocycles. The monoisotopic (exact) mass is 379 g/mol. The van der Waals surface area contributed by atoms with Crippen LogP contribution in [0.25, 0.3) is 5.57 Å². The highest BCUT2D eigenvalue weighted by Gasteiger charge is 2.28. The predicted octanol–water partition coefficient (Wildman–Crippen LogP) is 2.46. The van der Waals surface area contributed by atoms with Crippen LogP contribution in [0.5, 0.6) is 0 Å². The van der Waals surface area contributed by atoms with Crippen molar-refractivity contribution in [1.82, 2.24) is 5.32 Å². The summed E-state index contributed by atoms with van der Waals surface area (Å²) in [5.41, 5.74) is 2.74. The predicted molar refractivity (Wildman–Crippen MR) is 110 cm³/mol. The summed E-state index contributed by atoms with van der Waals surface area (Å²) in [5, 5.41) is 7.26. The maximum absolute atomic E-state index is 15.1. The lowest BCUT2D eigenvalue weighted by Crippen LogP contribution is -2.44. The molecule has 2 aliphatic rings. The summed E-state index contributed by atoms with van der Waals surface area (Å²) in [6, 6.07) is 12.5. The molecule has 0 aromatic heterocycles. The number of amides is 1. The molecule has 1 saturated heterocycles. The minimum absolute atomic E-state index is 0.299.